The van der Waals surface area contributed by atoms with E-state index in [9.17, 15) is 45.3 Å². The first-order valence-corrected chi connectivity index (χ1v) is 9.30. The van der Waals surface area contributed by atoms with E-state index >= 15 is 0 Å². The van der Waals surface area contributed by atoms with E-state index in [4.69, 9.17) is 14.2 Å². The van der Waals surface area contributed by atoms with Crippen LogP contribution in [0, 0.1) is 0 Å². The van der Waals surface area contributed by atoms with E-state index in [-0.39, 0.29) is 11.1 Å². The molecule has 0 aromatic heterocycles. The van der Waals surface area contributed by atoms with Crippen molar-refractivity contribution in [3.8, 4) is 11.5 Å². The molecule has 1 aromatic carbocycles. The van der Waals surface area contributed by atoms with Crippen LogP contribution in [0.1, 0.15) is 35.4 Å². The standard InChI is InChI=1S/C19H26O12/c1-7(21)8-3-4-9(22)13(14(8)23)10(5-11(29-2)18(27)28)30-19-17(26)16(25)15(24)12(6-20)31-19/h3-4,10-12,15-17,19-20,22-26H,5-6H2,1-2H3,(H,27,28)/t10-,11-,12-,15-,16+,17-,19-/m0/s1. The molecule has 0 aliphatic carbocycles. The van der Waals surface area contributed by atoms with Gasteiger partial charge >= 0.3 is 5.97 Å². The molecule has 1 heterocycles. The van der Waals surface area contributed by atoms with E-state index in [1.165, 1.54) is 6.92 Å². The number of phenolic OH excluding ortho intramolecular Hbond substituents is 2. The molecule has 0 saturated carbocycles. The van der Waals surface area contributed by atoms with Crippen molar-refractivity contribution in [1.29, 1.82) is 0 Å². The van der Waals surface area contributed by atoms with E-state index < -0.39 is 79.2 Å². The number of phenols is 2. The van der Waals surface area contributed by atoms with Gasteiger partial charge in [0.15, 0.2) is 18.2 Å². The number of carboxylic acid groups (broad SMARTS) is 1. The third-order valence-electron chi connectivity index (χ3n) is 5.03. The van der Waals surface area contributed by atoms with Gasteiger partial charge in [-0.1, -0.05) is 0 Å². The molecule has 1 aliphatic heterocycles. The monoisotopic (exact) mass is 446 g/mol. The average molecular weight is 446 g/mol. The third kappa shape index (κ3) is 5.30. The Bertz CT molecular complexity index is 794. The van der Waals surface area contributed by atoms with Gasteiger partial charge in [-0.3, -0.25) is 4.79 Å². The summed E-state index contributed by atoms with van der Waals surface area (Å²) in [5.74, 6) is -3.17. The summed E-state index contributed by atoms with van der Waals surface area (Å²) < 4.78 is 15.7. The van der Waals surface area contributed by atoms with Crippen molar-refractivity contribution in [1.82, 2.24) is 0 Å². The fourth-order valence-electron chi connectivity index (χ4n) is 3.27. The highest BCUT2D eigenvalue weighted by molar-refractivity contribution is 5.97. The largest absolute Gasteiger partial charge is 0.507 e. The number of hydrogen-bond donors (Lipinski definition) is 7. The van der Waals surface area contributed by atoms with E-state index in [1.807, 2.05) is 0 Å². The molecule has 12 heteroatoms. The lowest BCUT2D eigenvalue weighted by Gasteiger charge is -2.41. The summed E-state index contributed by atoms with van der Waals surface area (Å²) >= 11 is 0. The highest BCUT2D eigenvalue weighted by Crippen LogP contribution is 2.41. The van der Waals surface area contributed by atoms with Crippen molar-refractivity contribution < 1.29 is 59.5 Å². The Kier molecular flexibility index (Phi) is 8.31. The van der Waals surface area contributed by atoms with E-state index in [0.29, 0.717) is 0 Å². The SMILES string of the molecule is CO[C@@H](C[C@H](O[C@H]1O[C@@H](CO)[C@H](O)[C@@H](O)[C@@H]1O)c1c(O)ccc(C(C)=O)c1O)C(=O)O. The number of carbonyl (C=O) groups excluding carboxylic acids is 1. The highest BCUT2D eigenvalue weighted by atomic mass is 16.7. The van der Waals surface area contributed by atoms with Gasteiger partial charge < -0.3 is 50.0 Å². The number of ketones is 1. The smallest absolute Gasteiger partial charge is 0.332 e. The Morgan fingerprint density at radius 2 is 1.77 bits per heavy atom. The van der Waals surface area contributed by atoms with E-state index in [1.54, 1.807) is 0 Å². The first kappa shape index (κ1) is 24.9. The van der Waals surface area contributed by atoms with Crippen molar-refractivity contribution in [3.63, 3.8) is 0 Å². The maximum Gasteiger partial charge on any atom is 0.332 e. The number of aliphatic hydroxyl groups excluding tert-OH is 4. The van der Waals surface area contributed by atoms with Gasteiger partial charge in [0.25, 0.3) is 0 Å². The first-order valence-electron chi connectivity index (χ1n) is 9.30. The number of rotatable bonds is 9. The molecule has 1 aliphatic rings. The van der Waals surface area contributed by atoms with Crippen LogP contribution in [0.5, 0.6) is 11.5 Å². The van der Waals surface area contributed by atoms with Gasteiger partial charge in [-0.2, -0.15) is 0 Å². The van der Waals surface area contributed by atoms with E-state index in [2.05, 4.69) is 0 Å². The van der Waals surface area contributed by atoms with Gasteiger partial charge in [0, 0.05) is 13.5 Å². The fourth-order valence-corrected chi connectivity index (χ4v) is 3.27. The van der Waals surface area contributed by atoms with Crippen LogP contribution in [-0.2, 0) is 19.0 Å². The normalized spacial score (nSPS) is 28.1. The number of aliphatic carboxylic acids is 1. The van der Waals surface area contributed by atoms with Crippen LogP contribution in [0.25, 0.3) is 0 Å². The Labute approximate surface area is 176 Å². The maximum atomic E-state index is 11.8. The number of ether oxygens (including phenoxy) is 3. The van der Waals surface area contributed by atoms with Crippen molar-refractivity contribution in [2.24, 2.45) is 0 Å². The van der Waals surface area contributed by atoms with Gasteiger partial charge in [-0.05, 0) is 19.1 Å². The Balaban J connectivity index is 2.49. The van der Waals surface area contributed by atoms with Crippen LogP contribution < -0.4 is 0 Å². The number of benzene rings is 1. The number of Topliss-reactive ketones (excluding diaryl/α,β-unsaturated/α-hetero) is 1. The molecule has 174 valence electrons. The van der Waals surface area contributed by atoms with Crippen molar-refractivity contribution in [2.45, 2.75) is 56.3 Å². The van der Waals surface area contributed by atoms with Crippen LogP contribution in [0.3, 0.4) is 0 Å². The predicted molar refractivity (Wildman–Crippen MR) is 100 cm³/mol. The molecule has 1 aromatic rings. The average Bonchev–Trinajstić information content (AvgIpc) is 2.71. The van der Waals surface area contributed by atoms with Crippen molar-refractivity contribution in [2.75, 3.05) is 13.7 Å². The first-order chi connectivity index (χ1) is 14.5. The Hall–Kier alpha value is -2.32. The lowest BCUT2D eigenvalue weighted by atomic mass is 9.96. The number of hydrogen-bond acceptors (Lipinski definition) is 11. The summed E-state index contributed by atoms with van der Waals surface area (Å²) in [5, 5.41) is 69.6. The molecule has 7 N–H and O–H groups in total. The molecule has 12 nitrogen and oxygen atoms in total. The zero-order valence-corrected chi connectivity index (χ0v) is 16.8. The molecule has 7 atom stereocenters. The van der Waals surface area contributed by atoms with Crippen LogP contribution in [0.4, 0.5) is 0 Å². The lowest BCUT2D eigenvalue weighted by Crippen LogP contribution is -2.59. The molecule has 1 saturated heterocycles. The van der Waals surface area contributed by atoms with Crippen LogP contribution in [0.2, 0.25) is 0 Å². The minimum atomic E-state index is -1.83. The predicted octanol–water partition coefficient (Wildman–Crippen LogP) is -1.35. The van der Waals surface area contributed by atoms with Crippen molar-refractivity contribution in [3.05, 3.63) is 23.3 Å². The molecular weight excluding hydrogens is 420 g/mol. The fraction of sp³-hybridized carbons (Fsp3) is 0.579. The van der Waals surface area contributed by atoms with Gasteiger partial charge in [-0.25, -0.2) is 4.79 Å². The summed E-state index contributed by atoms with van der Waals surface area (Å²) in [6.07, 6.45) is -11.8. The second-order valence-corrected chi connectivity index (χ2v) is 7.07. The van der Waals surface area contributed by atoms with Gasteiger partial charge in [0.1, 0.15) is 35.9 Å². The minimum Gasteiger partial charge on any atom is -0.507 e. The highest BCUT2D eigenvalue weighted by Gasteiger charge is 2.45. The Morgan fingerprint density at radius 3 is 2.29 bits per heavy atom. The number of methoxy groups -OCH3 is 1. The molecule has 0 spiro atoms. The number of aliphatic hydroxyl groups is 4. The minimum absolute atomic E-state index is 0.181. The quantitative estimate of drug-likeness (QED) is 0.220. The van der Waals surface area contributed by atoms with Crippen LogP contribution in [-0.4, -0.2) is 98.0 Å². The molecule has 0 radical (unpaired) electrons. The topological polar surface area (TPSA) is 203 Å². The third-order valence-corrected chi connectivity index (χ3v) is 5.03. The van der Waals surface area contributed by atoms with Gasteiger partial charge in [0.2, 0.25) is 0 Å². The second kappa shape index (κ2) is 10.3. The number of carbonyl (C=O) groups is 2. The zero-order chi connectivity index (χ0) is 23.5. The summed E-state index contributed by atoms with van der Waals surface area (Å²) in [6.45, 7) is 0.431. The molecule has 0 bridgehead atoms. The molecule has 0 amide bonds. The summed E-state index contributed by atoms with van der Waals surface area (Å²) in [6, 6.07) is 2.25. The molecule has 2 rings (SSSR count). The van der Waals surface area contributed by atoms with Gasteiger partial charge in [0.05, 0.1) is 23.8 Å². The number of aromatic hydroxyl groups is 2. The second-order valence-electron chi connectivity index (χ2n) is 7.07. The molecule has 1 fully saturated rings. The Morgan fingerprint density at radius 1 is 1.13 bits per heavy atom. The molecular formula is C19H26O12. The van der Waals surface area contributed by atoms with Gasteiger partial charge in [-0.15, -0.1) is 0 Å². The maximum absolute atomic E-state index is 11.8. The van der Waals surface area contributed by atoms with Crippen molar-refractivity contribution >= 4 is 11.8 Å². The number of carboxylic acids is 1. The van der Waals surface area contributed by atoms with Crippen LogP contribution in [0.15, 0.2) is 12.1 Å². The van der Waals surface area contributed by atoms with Crippen LogP contribution >= 0.6 is 0 Å². The molecule has 0 unspecified atom stereocenters. The lowest BCUT2D eigenvalue weighted by molar-refractivity contribution is -0.314. The zero-order valence-electron chi connectivity index (χ0n) is 16.8. The summed E-state index contributed by atoms with van der Waals surface area (Å²) in [7, 11) is 1.11. The molecule has 31 heavy (non-hydrogen) atoms. The van der Waals surface area contributed by atoms with E-state index in [0.717, 1.165) is 19.2 Å². The summed E-state index contributed by atoms with van der Waals surface area (Å²) in [4.78, 5) is 23.2. The summed E-state index contributed by atoms with van der Waals surface area (Å²) in [5.41, 5.74) is -0.549.